The van der Waals surface area contributed by atoms with E-state index < -0.39 is 5.97 Å². The van der Waals surface area contributed by atoms with Gasteiger partial charge >= 0.3 is 5.97 Å². The van der Waals surface area contributed by atoms with Crippen LogP contribution in [-0.4, -0.2) is 61.4 Å². The average Bonchev–Trinajstić information content (AvgIpc) is 2.36. The fraction of sp³-hybridized carbons (Fsp3) is 0.692. The largest absolute Gasteiger partial charge is 0.481 e. The summed E-state index contributed by atoms with van der Waals surface area (Å²) in [5, 5.41) is 8.60. The van der Waals surface area contributed by atoms with Gasteiger partial charge in [0.1, 0.15) is 12.2 Å². The number of amides is 1. The quantitative estimate of drug-likeness (QED) is 0.717. The summed E-state index contributed by atoms with van der Waals surface area (Å²) in [7, 11) is 3.09. The zero-order valence-electron chi connectivity index (χ0n) is 11.2. The molecule has 0 aromatic carbocycles. The number of carboxylic acids is 1. The van der Waals surface area contributed by atoms with Crippen molar-refractivity contribution in [2.75, 3.05) is 27.3 Å². The van der Waals surface area contributed by atoms with Gasteiger partial charge in [0.2, 0.25) is 5.91 Å². The monoisotopic (exact) mass is 269 g/mol. The number of hydrogen-bond donors (Lipinski definition) is 1. The third-order valence-corrected chi connectivity index (χ3v) is 2.95. The molecule has 0 fully saturated rings. The fourth-order valence-electron chi connectivity index (χ4n) is 1.87. The molecular weight excluding hydrogens is 250 g/mol. The van der Waals surface area contributed by atoms with E-state index in [9.17, 15) is 9.59 Å². The van der Waals surface area contributed by atoms with Crippen LogP contribution in [0.3, 0.4) is 0 Å². The van der Waals surface area contributed by atoms with Crippen molar-refractivity contribution in [2.45, 2.75) is 31.5 Å². The Hall–Kier alpha value is -1.58. The molecule has 0 aromatic heterocycles. The van der Waals surface area contributed by atoms with Crippen LogP contribution in [0.5, 0.6) is 0 Å². The summed E-state index contributed by atoms with van der Waals surface area (Å²) in [6.07, 6.45) is -0.315. The topological polar surface area (TPSA) is 76.1 Å². The molecule has 1 rings (SSSR count). The van der Waals surface area contributed by atoms with Crippen LogP contribution in [-0.2, 0) is 19.1 Å². The minimum Gasteiger partial charge on any atom is -0.481 e. The molecule has 1 amide bonds. The minimum atomic E-state index is -0.974. The highest BCUT2D eigenvalue weighted by Gasteiger charge is 2.26. The first-order chi connectivity index (χ1) is 9.08. The zero-order valence-corrected chi connectivity index (χ0v) is 11.2. The molecule has 0 radical (unpaired) electrons. The Morgan fingerprint density at radius 3 is 2.63 bits per heavy atom. The van der Waals surface area contributed by atoms with Crippen LogP contribution in [0, 0.1) is 11.8 Å². The van der Waals surface area contributed by atoms with Gasteiger partial charge in [0.25, 0.3) is 0 Å². The predicted octanol–water partition coefficient (Wildman–Crippen LogP) is 0.117. The van der Waals surface area contributed by atoms with E-state index in [1.165, 1.54) is 0 Å². The van der Waals surface area contributed by atoms with Crippen LogP contribution < -0.4 is 0 Å². The molecule has 1 aliphatic heterocycles. The third kappa shape index (κ3) is 4.89. The van der Waals surface area contributed by atoms with Gasteiger partial charge in [0.05, 0.1) is 13.0 Å². The SMILES string of the molecule is COC1CN(C(=O)CCC(=O)O)CCC#C[C@@H]1OC. The second-order valence-corrected chi connectivity index (χ2v) is 4.24. The van der Waals surface area contributed by atoms with Crippen molar-refractivity contribution in [3.8, 4) is 11.8 Å². The van der Waals surface area contributed by atoms with Gasteiger partial charge in [-0.3, -0.25) is 9.59 Å². The lowest BCUT2D eigenvalue weighted by molar-refractivity contribution is -0.141. The Labute approximate surface area is 112 Å². The highest BCUT2D eigenvalue weighted by molar-refractivity contribution is 5.80. The van der Waals surface area contributed by atoms with Crippen molar-refractivity contribution in [1.29, 1.82) is 0 Å². The van der Waals surface area contributed by atoms with Crippen LogP contribution in [0.25, 0.3) is 0 Å². The van der Waals surface area contributed by atoms with E-state index in [4.69, 9.17) is 14.6 Å². The molecule has 0 aliphatic carbocycles. The number of nitrogens with zero attached hydrogens (tertiary/aromatic N) is 1. The van der Waals surface area contributed by atoms with Gasteiger partial charge in [-0.05, 0) is 0 Å². The molecule has 2 atom stereocenters. The van der Waals surface area contributed by atoms with Crippen LogP contribution in [0.2, 0.25) is 0 Å². The molecule has 1 aliphatic rings. The van der Waals surface area contributed by atoms with Gasteiger partial charge in [0.15, 0.2) is 0 Å². The molecule has 6 heteroatoms. The van der Waals surface area contributed by atoms with E-state index in [1.54, 1.807) is 19.1 Å². The third-order valence-electron chi connectivity index (χ3n) is 2.95. The lowest BCUT2D eigenvalue weighted by atomic mass is 10.1. The number of carboxylic acid groups (broad SMARTS) is 1. The Bertz CT molecular complexity index is 384. The van der Waals surface area contributed by atoms with E-state index >= 15 is 0 Å². The van der Waals surface area contributed by atoms with Crippen LogP contribution in [0.1, 0.15) is 19.3 Å². The van der Waals surface area contributed by atoms with E-state index in [0.29, 0.717) is 19.5 Å². The van der Waals surface area contributed by atoms with E-state index in [0.717, 1.165) is 0 Å². The van der Waals surface area contributed by atoms with Crippen molar-refractivity contribution in [2.24, 2.45) is 0 Å². The van der Waals surface area contributed by atoms with E-state index in [2.05, 4.69) is 11.8 Å². The molecule has 0 aromatic rings. The Kier molecular flexibility index (Phi) is 6.33. The van der Waals surface area contributed by atoms with Crippen molar-refractivity contribution in [1.82, 2.24) is 4.90 Å². The minimum absolute atomic E-state index is 0.00313. The van der Waals surface area contributed by atoms with Crippen molar-refractivity contribution in [3.05, 3.63) is 0 Å². The first kappa shape index (κ1) is 15.5. The maximum Gasteiger partial charge on any atom is 0.303 e. The second kappa shape index (κ2) is 7.77. The summed E-state index contributed by atoms with van der Waals surface area (Å²) in [5.41, 5.74) is 0. The summed E-state index contributed by atoms with van der Waals surface area (Å²) >= 11 is 0. The lowest BCUT2D eigenvalue weighted by Gasteiger charge is -2.30. The molecule has 1 N–H and O–H groups in total. The first-order valence-electron chi connectivity index (χ1n) is 6.12. The van der Waals surface area contributed by atoms with Crippen LogP contribution in [0.4, 0.5) is 0 Å². The zero-order chi connectivity index (χ0) is 14.3. The number of carbonyl (C=O) groups is 2. The maximum absolute atomic E-state index is 11.9. The van der Waals surface area contributed by atoms with Crippen molar-refractivity contribution in [3.63, 3.8) is 0 Å². The Morgan fingerprint density at radius 2 is 2.05 bits per heavy atom. The first-order valence-corrected chi connectivity index (χ1v) is 6.12. The molecule has 0 saturated carbocycles. The number of methoxy groups -OCH3 is 2. The molecule has 0 spiro atoms. The van der Waals surface area contributed by atoms with Crippen LogP contribution >= 0.6 is 0 Å². The molecule has 106 valence electrons. The van der Waals surface area contributed by atoms with E-state index in [1.807, 2.05) is 0 Å². The number of hydrogen-bond acceptors (Lipinski definition) is 4. The van der Waals surface area contributed by atoms with Gasteiger partial charge in [0, 0.05) is 33.6 Å². The van der Waals surface area contributed by atoms with Crippen molar-refractivity contribution < 1.29 is 24.2 Å². The molecule has 6 nitrogen and oxygen atoms in total. The molecular formula is C13H19NO5. The highest BCUT2D eigenvalue weighted by atomic mass is 16.5. The number of aliphatic carboxylic acids is 1. The average molecular weight is 269 g/mol. The number of rotatable bonds is 5. The molecule has 19 heavy (non-hydrogen) atoms. The summed E-state index contributed by atoms with van der Waals surface area (Å²) in [4.78, 5) is 24.0. The van der Waals surface area contributed by atoms with E-state index in [-0.39, 0.29) is 31.0 Å². The number of ether oxygens (including phenoxy) is 2. The Balaban J connectivity index is 2.67. The lowest BCUT2D eigenvalue weighted by Crippen LogP contribution is -2.44. The maximum atomic E-state index is 11.9. The van der Waals surface area contributed by atoms with Gasteiger partial charge in [-0.2, -0.15) is 0 Å². The smallest absolute Gasteiger partial charge is 0.303 e. The molecule has 0 bridgehead atoms. The van der Waals surface area contributed by atoms with Gasteiger partial charge in [-0.25, -0.2) is 0 Å². The molecule has 0 saturated heterocycles. The summed E-state index contributed by atoms with van der Waals surface area (Å²) in [6.45, 7) is 0.851. The predicted molar refractivity (Wildman–Crippen MR) is 67.4 cm³/mol. The van der Waals surface area contributed by atoms with Crippen LogP contribution in [0.15, 0.2) is 0 Å². The Morgan fingerprint density at radius 1 is 1.32 bits per heavy atom. The highest BCUT2D eigenvalue weighted by Crippen LogP contribution is 2.10. The summed E-state index contributed by atoms with van der Waals surface area (Å²) in [6, 6.07) is 0. The molecule has 1 heterocycles. The van der Waals surface area contributed by atoms with Crippen molar-refractivity contribution >= 4 is 11.9 Å². The summed E-state index contributed by atoms with van der Waals surface area (Å²) < 4.78 is 10.5. The summed E-state index contributed by atoms with van der Waals surface area (Å²) in [5.74, 6) is 4.72. The normalized spacial score (nSPS) is 22.9. The van der Waals surface area contributed by atoms with Gasteiger partial charge in [-0.15, -0.1) is 0 Å². The standard InChI is InChI=1S/C13H19NO5/c1-18-10-5-3-4-8-14(9-11(10)19-2)12(15)6-7-13(16)17/h10-11H,4,6-9H2,1-2H3,(H,16,17)/t10-,11?/m0/s1. The fourth-order valence-corrected chi connectivity index (χ4v) is 1.87. The van der Waals surface area contributed by atoms with Gasteiger partial charge < -0.3 is 19.5 Å². The molecule has 1 unspecified atom stereocenters. The van der Waals surface area contributed by atoms with Gasteiger partial charge in [-0.1, -0.05) is 11.8 Å². The number of carbonyl (C=O) groups excluding carboxylic acids is 1. The second-order valence-electron chi connectivity index (χ2n) is 4.24.